The van der Waals surface area contributed by atoms with Crippen LogP contribution >= 0.6 is 24.0 Å². The number of rotatable bonds is 13. The Balaban J connectivity index is 0.00000578. The molecule has 0 saturated heterocycles. The first kappa shape index (κ1) is 30.3. The van der Waals surface area contributed by atoms with E-state index in [0.717, 1.165) is 35.0 Å². The van der Waals surface area contributed by atoms with Crippen LogP contribution in [0.5, 0.6) is 0 Å². The van der Waals surface area contributed by atoms with Crippen LogP contribution in [0.1, 0.15) is 24.0 Å². The van der Waals surface area contributed by atoms with Crippen LogP contribution in [-0.4, -0.2) is 61.9 Å². The van der Waals surface area contributed by atoms with Crippen molar-refractivity contribution in [2.75, 3.05) is 43.7 Å². The van der Waals surface area contributed by atoms with Crippen LogP contribution in [0.4, 0.5) is 11.4 Å². The minimum Gasteiger partial charge on any atom is -0.371 e. The summed E-state index contributed by atoms with van der Waals surface area (Å²) >= 11 is 6.00. The van der Waals surface area contributed by atoms with Crippen LogP contribution in [0.15, 0.2) is 47.5 Å². The van der Waals surface area contributed by atoms with E-state index in [2.05, 4.69) is 4.99 Å². The molecular weight excluding hydrogens is 523 g/mol. The Bertz CT molecular complexity index is 1130. The number of aliphatic imine (C=N–C) groups is 1. The van der Waals surface area contributed by atoms with Gasteiger partial charge < -0.3 is 4.90 Å². The normalized spacial score (nSPS) is 12.0. The van der Waals surface area contributed by atoms with Crippen LogP contribution in [0.2, 0.25) is 5.02 Å². The molecule has 0 unspecified atom stereocenters. The van der Waals surface area contributed by atoms with Crippen LogP contribution in [-0.2, 0) is 28.6 Å². The van der Waals surface area contributed by atoms with Gasteiger partial charge in [0.05, 0.1) is 31.4 Å². The van der Waals surface area contributed by atoms with E-state index in [1.165, 1.54) is 0 Å². The van der Waals surface area contributed by atoms with Gasteiger partial charge in [0.1, 0.15) is 0 Å². The minimum absolute atomic E-state index is 0. The summed E-state index contributed by atoms with van der Waals surface area (Å²) in [6, 6.07) is 13.2. The van der Waals surface area contributed by atoms with Gasteiger partial charge in [0.2, 0.25) is 0 Å². The molecule has 0 atom stereocenters. The molecule has 0 saturated carbocycles. The maximum atomic E-state index is 11.2. The Morgan fingerprint density at radius 1 is 0.941 bits per heavy atom. The average molecular weight is 554 g/mol. The van der Waals surface area contributed by atoms with Gasteiger partial charge >= 0.3 is 0 Å². The summed E-state index contributed by atoms with van der Waals surface area (Å²) in [6.07, 6.45) is 4.77. The highest BCUT2D eigenvalue weighted by atomic mass is 35.5. The first-order valence-electron chi connectivity index (χ1n) is 10.3. The molecular formula is C22H30Cl2N2O6S2. The summed E-state index contributed by atoms with van der Waals surface area (Å²) in [5, 5.41) is 0.618. The maximum Gasteiger partial charge on any atom is 0.264 e. The first-order valence-corrected chi connectivity index (χ1v) is 14.3. The van der Waals surface area contributed by atoms with E-state index in [9.17, 15) is 16.8 Å². The summed E-state index contributed by atoms with van der Waals surface area (Å²) in [7, 11) is -6.99. The number of benzene rings is 2. The molecule has 2 rings (SSSR count). The zero-order chi connectivity index (χ0) is 24.5. The number of halogens is 2. The third-order valence-corrected chi connectivity index (χ3v) is 5.94. The molecule has 0 aromatic heterocycles. The third kappa shape index (κ3) is 12.1. The third-order valence-electron chi connectivity index (χ3n) is 4.52. The number of hydrogen-bond acceptors (Lipinski definition) is 8. The second kappa shape index (κ2) is 14.0. The maximum absolute atomic E-state index is 11.2. The summed E-state index contributed by atoms with van der Waals surface area (Å²) in [5.41, 5.74) is 3.62. The molecule has 0 N–H and O–H groups in total. The predicted molar refractivity (Wildman–Crippen MR) is 140 cm³/mol. The van der Waals surface area contributed by atoms with Gasteiger partial charge in [-0.2, -0.15) is 16.8 Å². The highest BCUT2D eigenvalue weighted by Gasteiger charge is 2.10. The van der Waals surface area contributed by atoms with Crippen LogP contribution in [0.25, 0.3) is 0 Å². The van der Waals surface area contributed by atoms with Gasteiger partial charge in [-0.25, -0.2) is 0 Å². The van der Waals surface area contributed by atoms with E-state index in [4.69, 9.17) is 20.0 Å². The van der Waals surface area contributed by atoms with Gasteiger partial charge in [0.15, 0.2) is 0 Å². The minimum atomic E-state index is -3.50. The summed E-state index contributed by atoms with van der Waals surface area (Å²) in [4.78, 5) is 6.51. The Morgan fingerprint density at radius 3 is 2.03 bits per heavy atom. The Morgan fingerprint density at radius 2 is 1.53 bits per heavy atom. The lowest BCUT2D eigenvalue weighted by atomic mass is 10.1. The number of anilines is 1. The molecule has 0 bridgehead atoms. The van der Waals surface area contributed by atoms with Crippen LogP contribution in [0, 0.1) is 6.92 Å². The van der Waals surface area contributed by atoms with Gasteiger partial charge in [0.25, 0.3) is 20.2 Å². The van der Waals surface area contributed by atoms with Crippen LogP contribution < -0.4 is 4.90 Å². The molecule has 0 aliphatic rings. The predicted octanol–water partition coefficient (Wildman–Crippen LogP) is 4.36. The van der Waals surface area contributed by atoms with Crippen molar-refractivity contribution in [2.45, 2.75) is 19.8 Å². The Kier molecular flexibility index (Phi) is 12.5. The van der Waals surface area contributed by atoms with Crippen molar-refractivity contribution < 1.29 is 25.2 Å². The lowest BCUT2D eigenvalue weighted by molar-refractivity contribution is 0.310. The molecule has 2 aromatic rings. The lowest BCUT2D eigenvalue weighted by Gasteiger charge is -2.25. The van der Waals surface area contributed by atoms with E-state index in [0.29, 0.717) is 31.0 Å². The van der Waals surface area contributed by atoms with Crippen LogP contribution in [0.3, 0.4) is 0 Å². The fraction of sp³-hybridized carbons (Fsp3) is 0.409. The molecule has 0 amide bonds. The molecule has 34 heavy (non-hydrogen) atoms. The number of aryl methyl sites for hydroxylation is 1. The fourth-order valence-electron chi connectivity index (χ4n) is 3.00. The fourth-order valence-corrected chi connectivity index (χ4v) is 4.03. The molecule has 0 radical (unpaired) electrons. The van der Waals surface area contributed by atoms with Crippen molar-refractivity contribution in [1.82, 2.24) is 0 Å². The Hall–Kier alpha value is -1.69. The van der Waals surface area contributed by atoms with Crippen molar-refractivity contribution >= 4 is 61.8 Å². The zero-order valence-electron chi connectivity index (χ0n) is 19.3. The van der Waals surface area contributed by atoms with Crippen molar-refractivity contribution in [3.8, 4) is 0 Å². The molecule has 0 spiro atoms. The average Bonchev–Trinajstić information content (AvgIpc) is 2.70. The molecule has 2 aromatic carbocycles. The molecule has 0 aliphatic heterocycles. The van der Waals surface area contributed by atoms with E-state index >= 15 is 0 Å². The van der Waals surface area contributed by atoms with E-state index in [1.807, 2.05) is 42.2 Å². The van der Waals surface area contributed by atoms with Gasteiger partial charge in [-0.05, 0) is 61.2 Å². The van der Waals surface area contributed by atoms with E-state index in [-0.39, 0.29) is 25.6 Å². The molecule has 0 aliphatic carbocycles. The number of hydrogen-bond donors (Lipinski definition) is 0. The lowest BCUT2D eigenvalue weighted by Crippen LogP contribution is -2.28. The van der Waals surface area contributed by atoms with Gasteiger partial charge in [-0.3, -0.25) is 13.4 Å². The smallest absolute Gasteiger partial charge is 0.264 e. The highest BCUT2D eigenvalue weighted by molar-refractivity contribution is 7.86. The Labute approximate surface area is 213 Å². The van der Waals surface area contributed by atoms with E-state index in [1.54, 1.807) is 18.3 Å². The van der Waals surface area contributed by atoms with Crippen molar-refractivity contribution in [3.05, 3.63) is 58.6 Å². The van der Waals surface area contributed by atoms with Gasteiger partial charge in [-0.1, -0.05) is 23.7 Å². The second-order valence-corrected chi connectivity index (χ2v) is 11.2. The summed E-state index contributed by atoms with van der Waals surface area (Å²) in [5.74, 6) is 0. The highest BCUT2D eigenvalue weighted by Crippen LogP contribution is 2.21. The largest absolute Gasteiger partial charge is 0.371 e. The zero-order valence-corrected chi connectivity index (χ0v) is 22.5. The molecule has 0 fully saturated rings. The summed E-state index contributed by atoms with van der Waals surface area (Å²) in [6.45, 7) is 3.17. The van der Waals surface area contributed by atoms with E-state index < -0.39 is 20.2 Å². The molecule has 12 heteroatoms. The quantitative estimate of drug-likeness (QED) is 0.206. The SMILES string of the molecule is Cc1cc(N(CCCOS(C)(=O)=O)CCCOS(C)(=O)=O)ccc1C=Nc1cccc(Cl)c1.Cl. The molecule has 8 nitrogen and oxygen atoms in total. The first-order chi connectivity index (χ1) is 15.4. The van der Waals surface area contributed by atoms with Gasteiger partial charge in [0, 0.05) is 30.0 Å². The standard InChI is InChI=1S/C22H29ClN2O6S2.ClH/c1-18-15-22(10-9-19(18)17-24-21-8-4-7-20(23)16-21)25(11-5-13-30-32(2,26)27)12-6-14-31-33(3,28)29;/h4,7-10,15-17H,5-6,11-14H2,1-3H3;1H. The molecule has 190 valence electrons. The summed E-state index contributed by atoms with van der Waals surface area (Å²) < 4.78 is 54.4. The topological polar surface area (TPSA) is 102 Å². The second-order valence-electron chi connectivity index (χ2n) is 7.53. The van der Waals surface area contributed by atoms with Gasteiger partial charge in [-0.15, -0.1) is 12.4 Å². The molecule has 0 heterocycles. The monoisotopic (exact) mass is 552 g/mol. The van der Waals surface area contributed by atoms with Crippen molar-refractivity contribution in [3.63, 3.8) is 0 Å². The van der Waals surface area contributed by atoms with Crippen molar-refractivity contribution in [1.29, 1.82) is 0 Å². The number of nitrogens with zero attached hydrogens (tertiary/aromatic N) is 2. The van der Waals surface area contributed by atoms with Crippen molar-refractivity contribution in [2.24, 2.45) is 4.99 Å².